The summed E-state index contributed by atoms with van der Waals surface area (Å²) in [5.74, 6) is 1.42. The van der Waals surface area contributed by atoms with Crippen LogP contribution in [0.5, 0.6) is 0 Å². The number of nitrogens with two attached hydrogens (primary N) is 1. The molecular weight excluding hydrogens is 138 g/mol. The van der Waals surface area contributed by atoms with E-state index >= 15 is 0 Å². The zero-order valence-electron chi connectivity index (χ0n) is 6.07. The molecule has 3 nitrogen and oxygen atoms in total. The highest BCUT2D eigenvalue weighted by Gasteiger charge is 2.41. The molecule has 1 aromatic heterocycles. The van der Waals surface area contributed by atoms with Crippen LogP contribution in [0.4, 0.5) is 5.69 Å². The van der Waals surface area contributed by atoms with Crippen LogP contribution in [0.15, 0.2) is 12.3 Å². The second kappa shape index (κ2) is 1.49. The highest BCUT2D eigenvalue weighted by atomic mass is 15.3. The second-order valence-electron chi connectivity index (χ2n) is 3.28. The van der Waals surface area contributed by atoms with Crippen molar-refractivity contribution in [2.24, 2.45) is 5.92 Å². The van der Waals surface area contributed by atoms with Gasteiger partial charge in [0.25, 0.3) is 0 Å². The van der Waals surface area contributed by atoms with Crippen LogP contribution in [0.2, 0.25) is 0 Å². The van der Waals surface area contributed by atoms with Gasteiger partial charge in [0, 0.05) is 12.1 Å². The number of anilines is 1. The van der Waals surface area contributed by atoms with E-state index in [1.807, 2.05) is 10.9 Å². The lowest BCUT2D eigenvalue weighted by Crippen LogP contribution is -2.01. The Kier molecular flexibility index (Phi) is 0.735. The number of nitrogen functional groups attached to an aromatic ring is 1. The summed E-state index contributed by atoms with van der Waals surface area (Å²) in [4.78, 5) is 0. The van der Waals surface area contributed by atoms with Crippen molar-refractivity contribution in [1.29, 1.82) is 0 Å². The third kappa shape index (κ3) is 0.557. The molecule has 0 bridgehead atoms. The molecule has 1 aromatic rings. The van der Waals surface area contributed by atoms with Crippen LogP contribution in [0.1, 0.15) is 18.0 Å². The summed E-state index contributed by atoms with van der Waals surface area (Å²) in [6.07, 6.45) is 7.22. The van der Waals surface area contributed by atoms with Gasteiger partial charge in [-0.25, -0.2) is 4.68 Å². The average molecular weight is 147 g/mol. The molecule has 2 aliphatic rings. The second-order valence-corrected chi connectivity index (χ2v) is 3.28. The summed E-state index contributed by atoms with van der Waals surface area (Å²) in [5.41, 5.74) is 7.83. The topological polar surface area (TPSA) is 43.8 Å². The van der Waals surface area contributed by atoms with Crippen molar-refractivity contribution in [3.05, 3.63) is 18.0 Å². The Morgan fingerprint density at radius 2 is 2.55 bits per heavy atom. The van der Waals surface area contributed by atoms with Crippen molar-refractivity contribution in [2.75, 3.05) is 5.73 Å². The van der Waals surface area contributed by atoms with E-state index in [0.717, 1.165) is 11.6 Å². The normalized spacial score (nSPS) is 31.3. The van der Waals surface area contributed by atoms with Gasteiger partial charge in [-0.2, -0.15) is 5.10 Å². The molecule has 1 aliphatic carbocycles. The predicted octanol–water partition coefficient (Wildman–Crippen LogP) is 1.05. The van der Waals surface area contributed by atoms with E-state index in [0.29, 0.717) is 5.92 Å². The Bertz CT molecular complexity index is 337. The van der Waals surface area contributed by atoms with Crippen LogP contribution in [0.3, 0.4) is 0 Å². The molecule has 1 fully saturated rings. The van der Waals surface area contributed by atoms with Gasteiger partial charge < -0.3 is 5.73 Å². The van der Waals surface area contributed by atoms with Crippen LogP contribution in [-0.2, 0) is 0 Å². The summed E-state index contributed by atoms with van der Waals surface area (Å²) < 4.78 is 1.89. The lowest BCUT2D eigenvalue weighted by atomic mass is 10.2. The molecule has 3 heteroatoms. The zero-order valence-corrected chi connectivity index (χ0v) is 6.07. The lowest BCUT2D eigenvalue weighted by Gasteiger charge is -2.05. The molecule has 1 saturated carbocycles. The number of hydrogen-bond donors (Lipinski definition) is 1. The third-order valence-corrected chi connectivity index (χ3v) is 2.53. The lowest BCUT2D eigenvalue weighted by molar-refractivity contribution is 0.806. The van der Waals surface area contributed by atoms with E-state index in [4.69, 9.17) is 5.73 Å². The number of hydrogen-bond acceptors (Lipinski definition) is 2. The molecule has 0 saturated heterocycles. The van der Waals surface area contributed by atoms with E-state index in [2.05, 4.69) is 11.2 Å². The molecule has 0 spiro atoms. The van der Waals surface area contributed by atoms with Crippen molar-refractivity contribution in [3.8, 4) is 0 Å². The van der Waals surface area contributed by atoms with Gasteiger partial charge in [0.1, 0.15) is 0 Å². The summed E-state index contributed by atoms with van der Waals surface area (Å²) in [6.45, 7) is 0. The van der Waals surface area contributed by atoms with Gasteiger partial charge in [0.15, 0.2) is 0 Å². The first-order valence-electron chi connectivity index (χ1n) is 3.87. The van der Waals surface area contributed by atoms with Crippen molar-refractivity contribution in [3.63, 3.8) is 0 Å². The largest absolute Gasteiger partial charge is 0.396 e. The Labute approximate surface area is 64.5 Å². The number of nitrogens with zero attached hydrogens (tertiary/aromatic N) is 2. The fourth-order valence-electron chi connectivity index (χ4n) is 1.82. The minimum Gasteiger partial charge on any atom is -0.396 e. The van der Waals surface area contributed by atoms with Crippen LogP contribution in [0, 0.1) is 5.92 Å². The Hall–Kier alpha value is -1.25. The van der Waals surface area contributed by atoms with Crippen molar-refractivity contribution < 1.29 is 0 Å². The highest BCUT2D eigenvalue weighted by Crippen LogP contribution is 2.52. The van der Waals surface area contributed by atoms with E-state index in [1.54, 1.807) is 6.20 Å². The zero-order chi connectivity index (χ0) is 7.42. The first-order chi connectivity index (χ1) is 5.36. The van der Waals surface area contributed by atoms with E-state index in [-0.39, 0.29) is 0 Å². The van der Waals surface area contributed by atoms with Gasteiger partial charge in [-0.15, -0.1) is 0 Å². The molecule has 2 heterocycles. The maximum Gasteiger partial charge on any atom is 0.0740 e. The van der Waals surface area contributed by atoms with Gasteiger partial charge in [0.05, 0.1) is 17.6 Å². The SMILES string of the molecule is Nc1cnn2c1C1CC1C=C2. The molecule has 0 radical (unpaired) electrons. The smallest absolute Gasteiger partial charge is 0.0740 e. The molecule has 3 rings (SSSR count). The Morgan fingerprint density at radius 3 is 3.45 bits per heavy atom. The molecule has 56 valence electrons. The van der Waals surface area contributed by atoms with Crippen LogP contribution < -0.4 is 5.73 Å². The number of rotatable bonds is 0. The van der Waals surface area contributed by atoms with Crippen molar-refractivity contribution in [1.82, 2.24) is 9.78 Å². The van der Waals surface area contributed by atoms with Gasteiger partial charge >= 0.3 is 0 Å². The minimum absolute atomic E-state index is 0.669. The van der Waals surface area contributed by atoms with Gasteiger partial charge in [-0.3, -0.25) is 0 Å². The van der Waals surface area contributed by atoms with Gasteiger partial charge in [-0.05, 0) is 12.3 Å². The number of aromatic nitrogens is 2. The summed E-state index contributed by atoms with van der Waals surface area (Å²) in [7, 11) is 0. The monoisotopic (exact) mass is 147 g/mol. The molecule has 2 N–H and O–H groups in total. The van der Waals surface area contributed by atoms with Crippen molar-refractivity contribution in [2.45, 2.75) is 12.3 Å². The van der Waals surface area contributed by atoms with Crippen LogP contribution in [0.25, 0.3) is 6.20 Å². The maximum atomic E-state index is 5.76. The quantitative estimate of drug-likeness (QED) is 0.596. The summed E-state index contributed by atoms with van der Waals surface area (Å²) in [5, 5.41) is 4.14. The van der Waals surface area contributed by atoms with E-state index in [9.17, 15) is 0 Å². The Morgan fingerprint density at radius 1 is 1.64 bits per heavy atom. The van der Waals surface area contributed by atoms with Crippen LogP contribution >= 0.6 is 0 Å². The molecule has 2 atom stereocenters. The molecule has 2 unspecified atom stereocenters. The highest BCUT2D eigenvalue weighted by molar-refractivity contribution is 5.53. The molecular formula is C8H9N3. The van der Waals surface area contributed by atoms with E-state index < -0.39 is 0 Å². The predicted molar refractivity (Wildman–Crippen MR) is 42.8 cm³/mol. The molecule has 1 aliphatic heterocycles. The maximum absolute atomic E-state index is 5.76. The van der Waals surface area contributed by atoms with Gasteiger partial charge in [-0.1, -0.05) is 6.08 Å². The first-order valence-corrected chi connectivity index (χ1v) is 3.87. The summed E-state index contributed by atoms with van der Waals surface area (Å²) >= 11 is 0. The van der Waals surface area contributed by atoms with Crippen LogP contribution in [-0.4, -0.2) is 9.78 Å². The number of allylic oxidation sites excluding steroid dienone is 1. The molecule has 0 amide bonds. The van der Waals surface area contributed by atoms with Crippen molar-refractivity contribution >= 4 is 11.9 Å². The van der Waals surface area contributed by atoms with E-state index in [1.165, 1.54) is 12.1 Å². The molecule has 0 aromatic carbocycles. The fraction of sp³-hybridized carbons (Fsp3) is 0.375. The first kappa shape index (κ1) is 5.41. The fourth-order valence-corrected chi connectivity index (χ4v) is 1.82. The van der Waals surface area contributed by atoms with Gasteiger partial charge in [0.2, 0.25) is 0 Å². The minimum atomic E-state index is 0.669. The third-order valence-electron chi connectivity index (χ3n) is 2.53. The Balaban J connectivity index is 2.27. The average Bonchev–Trinajstić information content (AvgIpc) is 2.71. The number of fused-ring (bicyclic) bond motifs is 3. The standard InChI is InChI=1S/C8H9N3/c9-7-4-10-11-2-1-5-3-6(5)8(7)11/h1-2,4-6H,3,9H2. The molecule has 11 heavy (non-hydrogen) atoms. The summed E-state index contributed by atoms with van der Waals surface area (Å²) in [6, 6.07) is 0.